The zero-order valence-corrected chi connectivity index (χ0v) is 13.2. The molecular formula is C15H15ClFNO2S. The Morgan fingerprint density at radius 1 is 1.19 bits per heavy atom. The van der Waals surface area contributed by atoms with E-state index in [2.05, 4.69) is 0 Å². The number of sulfonamides is 1. The molecule has 0 fully saturated rings. The van der Waals surface area contributed by atoms with Crippen molar-refractivity contribution < 1.29 is 12.8 Å². The van der Waals surface area contributed by atoms with Gasteiger partial charge in [-0.2, -0.15) is 0 Å². The first-order valence-corrected chi connectivity index (χ1v) is 8.24. The lowest BCUT2D eigenvalue weighted by Crippen LogP contribution is -2.27. The summed E-state index contributed by atoms with van der Waals surface area (Å²) in [7, 11) is -2.28. The number of hydrogen-bond donors (Lipinski definition) is 0. The topological polar surface area (TPSA) is 37.4 Å². The third kappa shape index (κ3) is 3.04. The van der Waals surface area contributed by atoms with Crippen LogP contribution in [0.4, 0.5) is 10.1 Å². The van der Waals surface area contributed by atoms with Crippen LogP contribution < -0.4 is 4.31 Å². The van der Waals surface area contributed by atoms with Crippen molar-refractivity contribution in [1.29, 1.82) is 0 Å². The van der Waals surface area contributed by atoms with Crippen LogP contribution in [0.5, 0.6) is 0 Å². The van der Waals surface area contributed by atoms with E-state index in [0.29, 0.717) is 5.69 Å². The lowest BCUT2D eigenvalue weighted by Gasteiger charge is -2.21. The third-order valence-electron chi connectivity index (χ3n) is 3.27. The molecule has 0 unspecified atom stereocenters. The van der Waals surface area contributed by atoms with Gasteiger partial charge in [0.2, 0.25) is 0 Å². The van der Waals surface area contributed by atoms with Crippen LogP contribution in [0.2, 0.25) is 0 Å². The third-order valence-corrected chi connectivity index (χ3v) is 5.33. The molecule has 0 aliphatic heterocycles. The molecule has 6 heteroatoms. The molecule has 0 aliphatic carbocycles. The van der Waals surface area contributed by atoms with Crippen molar-refractivity contribution in [2.24, 2.45) is 0 Å². The zero-order chi connectivity index (χ0) is 15.6. The Morgan fingerprint density at radius 3 is 2.48 bits per heavy atom. The normalized spacial score (nSPS) is 11.4. The van der Waals surface area contributed by atoms with Gasteiger partial charge in [0.05, 0.1) is 16.5 Å². The Balaban J connectivity index is 2.49. The molecular weight excluding hydrogens is 313 g/mol. The number of benzene rings is 2. The summed E-state index contributed by atoms with van der Waals surface area (Å²) >= 11 is 5.63. The summed E-state index contributed by atoms with van der Waals surface area (Å²) in [6, 6.07) is 10.8. The van der Waals surface area contributed by atoms with Crippen molar-refractivity contribution in [3.63, 3.8) is 0 Å². The standard InChI is InChI=1S/C15H15ClFNO2S/c1-11-5-3-4-6-15(11)18(2)21(19,20)13-7-8-14(17)12(9-13)10-16/h3-9H,10H2,1-2H3. The first kappa shape index (κ1) is 15.8. The number of aryl methyl sites for hydroxylation is 1. The molecule has 0 N–H and O–H groups in total. The molecule has 3 nitrogen and oxygen atoms in total. The smallest absolute Gasteiger partial charge is 0.264 e. The summed E-state index contributed by atoms with van der Waals surface area (Å²) in [4.78, 5) is 0.0188. The molecule has 0 amide bonds. The molecule has 0 radical (unpaired) electrons. The Labute approximate surface area is 129 Å². The van der Waals surface area contributed by atoms with E-state index >= 15 is 0 Å². The second-order valence-electron chi connectivity index (χ2n) is 4.65. The second kappa shape index (κ2) is 6.03. The predicted molar refractivity (Wildman–Crippen MR) is 82.7 cm³/mol. The highest BCUT2D eigenvalue weighted by atomic mass is 35.5. The van der Waals surface area contributed by atoms with Crippen molar-refractivity contribution in [3.05, 3.63) is 59.4 Å². The second-order valence-corrected chi connectivity index (χ2v) is 6.88. The lowest BCUT2D eigenvalue weighted by atomic mass is 10.2. The van der Waals surface area contributed by atoms with Crippen molar-refractivity contribution >= 4 is 27.3 Å². The van der Waals surface area contributed by atoms with Gasteiger partial charge in [0.15, 0.2) is 0 Å². The van der Waals surface area contributed by atoms with Gasteiger partial charge in [0.1, 0.15) is 5.82 Å². The zero-order valence-electron chi connectivity index (χ0n) is 11.7. The van der Waals surface area contributed by atoms with Gasteiger partial charge in [-0.05, 0) is 36.8 Å². The van der Waals surface area contributed by atoms with Crippen LogP contribution in [0.1, 0.15) is 11.1 Å². The maximum Gasteiger partial charge on any atom is 0.264 e. The number of rotatable bonds is 4. The van der Waals surface area contributed by atoms with Crippen LogP contribution in [0.15, 0.2) is 47.4 Å². The predicted octanol–water partition coefficient (Wildman–Crippen LogP) is 3.70. The minimum atomic E-state index is -3.76. The number of anilines is 1. The lowest BCUT2D eigenvalue weighted by molar-refractivity contribution is 0.592. The largest absolute Gasteiger partial charge is 0.269 e. The van der Waals surface area contributed by atoms with Crippen LogP contribution in [-0.4, -0.2) is 15.5 Å². The molecule has 112 valence electrons. The number of hydrogen-bond acceptors (Lipinski definition) is 2. The van der Waals surface area contributed by atoms with E-state index in [1.807, 2.05) is 19.1 Å². The highest BCUT2D eigenvalue weighted by Crippen LogP contribution is 2.26. The summed E-state index contributed by atoms with van der Waals surface area (Å²) in [5.41, 5.74) is 1.58. The summed E-state index contributed by atoms with van der Waals surface area (Å²) in [5, 5.41) is 0. The molecule has 0 heterocycles. The number of halogens is 2. The first-order chi connectivity index (χ1) is 9.87. The first-order valence-electron chi connectivity index (χ1n) is 6.27. The molecule has 2 aromatic rings. The minimum absolute atomic E-state index is 0.0188. The molecule has 0 saturated carbocycles. The Morgan fingerprint density at radius 2 is 1.86 bits per heavy atom. The van der Waals surface area contributed by atoms with Crippen LogP contribution in [0, 0.1) is 12.7 Å². The monoisotopic (exact) mass is 327 g/mol. The molecule has 0 bridgehead atoms. The molecule has 0 atom stereocenters. The Kier molecular flexibility index (Phi) is 4.54. The molecule has 0 aromatic heterocycles. The number of para-hydroxylation sites is 1. The van der Waals surface area contributed by atoms with E-state index in [1.54, 1.807) is 12.1 Å². The Bertz CT molecular complexity index is 762. The quantitative estimate of drug-likeness (QED) is 0.803. The van der Waals surface area contributed by atoms with Crippen LogP contribution in [0.3, 0.4) is 0 Å². The SMILES string of the molecule is Cc1ccccc1N(C)S(=O)(=O)c1ccc(F)c(CCl)c1. The van der Waals surface area contributed by atoms with E-state index in [0.717, 1.165) is 11.6 Å². The van der Waals surface area contributed by atoms with Gasteiger partial charge in [-0.3, -0.25) is 4.31 Å². The molecule has 0 spiro atoms. The molecule has 0 saturated heterocycles. The fourth-order valence-electron chi connectivity index (χ4n) is 2.02. The van der Waals surface area contributed by atoms with Crippen LogP contribution in [-0.2, 0) is 15.9 Å². The van der Waals surface area contributed by atoms with Gasteiger partial charge in [-0.25, -0.2) is 12.8 Å². The minimum Gasteiger partial charge on any atom is -0.269 e. The van der Waals surface area contributed by atoms with Gasteiger partial charge in [-0.1, -0.05) is 18.2 Å². The number of alkyl halides is 1. The van der Waals surface area contributed by atoms with Crippen molar-refractivity contribution in [3.8, 4) is 0 Å². The van der Waals surface area contributed by atoms with E-state index in [-0.39, 0.29) is 16.3 Å². The summed E-state index contributed by atoms with van der Waals surface area (Å²) < 4.78 is 39.9. The highest BCUT2D eigenvalue weighted by molar-refractivity contribution is 7.92. The number of nitrogens with zero attached hydrogens (tertiary/aromatic N) is 1. The molecule has 21 heavy (non-hydrogen) atoms. The average Bonchev–Trinajstić information content (AvgIpc) is 2.47. The fraction of sp³-hybridized carbons (Fsp3) is 0.200. The summed E-state index contributed by atoms with van der Waals surface area (Å²) in [6.07, 6.45) is 0. The molecule has 2 aromatic carbocycles. The van der Waals surface area contributed by atoms with Gasteiger partial charge in [-0.15, -0.1) is 11.6 Å². The van der Waals surface area contributed by atoms with E-state index in [9.17, 15) is 12.8 Å². The van der Waals surface area contributed by atoms with E-state index in [1.165, 1.54) is 23.5 Å². The van der Waals surface area contributed by atoms with E-state index < -0.39 is 15.8 Å². The molecule has 0 aliphatic rings. The van der Waals surface area contributed by atoms with Crippen molar-refractivity contribution in [2.45, 2.75) is 17.7 Å². The Hall–Kier alpha value is -1.59. The van der Waals surface area contributed by atoms with Crippen LogP contribution >= 0.6 is 11.6 Å². The maximum absolute atomic E-state index is 13.5. The highest BCUT2D eigenvalue weighted by Gasteiger charge is 2.23. The average molecular weight is 328 g/mol. The van der Waals surface area contributed by atoms with Gasteiger partial charge < -0.3 is 0 Å². The van der Waals surface area contributed by atoms with Gasteiger partial charge in [0, 0.05) is 12.6 Å². The van der Waals surface area contributed by atoms with Crippen molar-refractivity contribution in [1.82, 2.24) is 0 Å². The summed E-state index contributed by atoms with van der Waals surface area (Å²) in [6.45, 7) is 1.83. The van der Waals surface area contributed by atoms with Crippen molar-refractivity contribution in [2.75, 3.05) is 11.4 Å². The fourth-order valence-corrected chi connectivity index (χ4v) is 3.53. The summed E-state index contributed by atoms with van der Waals surface area (Å²) in [5.74, 6) is -0.592. The van der Waals surface area contributed by atoms with Crippen LogP contribution in [0.25, 0.3) is 0 Å². The molecule has 2 rings (SSSR count). The van der Waals surface area contributed by atoms with Gasteiger partial charge >= 0.3 is 0 Å². The maximum atomic E-state index is 13.5. The van der Waals surface area contributed by atoms with E-state index in [4.69, 9.17) is 11.6 Å². The van der Waals surface area contributed by atoms with Gasteiger partial charge in [0.25, 0.3) is 10.0 Å².